The predicted molar refractivity (Wildman–Crippen MR) is 145 cm³/mol. The van der Waals surface area contributed by atoms with Crippen LogP contribution in [-0.4, -0.2) is 43.1 Å². The molecule has 5 rings (SSSR count). The van der Waals surface area contributed by atoms with Crippen LogP contribution in [0, 0.1) is 28.9 Å². The van der Waals surface area contributed by atoms with E-state index in [1.54, 1.807) is 39.9 Å². The number of likely N-dealkylation sites (tertiary alicyclic amines) is 1. The molecular weight excluding hydrogens is 516 g/mol. The van der Waals surface area contributed by atoms with E-state index >= 15 is 0 Å². The first-order chi connectivity index (χ1) is 19.2. The number of benzene rings is 2. The number of carbonyl (C=O) groups is 1. The smallest absolute Gasteiger partial charge is 0.264 e. The Hall–Kier alpha value is -4.85. The summed E-state index contributed by atoms with van der Waals surface area (Å²) in [6.07, 6.45) is 4.61. The average Bonchev–Trinajstić information content (AvgIpc) is 3.55. The van der Waals surface area contributed by atoms with E-state index in [1.165, 1.54) is 6.33 Å². The van der Waals surface area contributed by atoms with Crippen LogP contribution in [0.3, 0.4) is 0 Å². The number of aromatic nitrogens is 4. The van der Waals surface area contributed by atoms with E-state index in [-0.39, 0.29) is 35.0 Å². The number of fused-ring (bicyclic) bond motifs is 1. The summed E-state index contributed by atoms with van der Waals surface area (Å²) in [6.45, 7) is 4.76. The van der Waals surface area contributed by atoms with E-state index < -0.39 is 11.6 Å². The lowest BCUT2D eigenvalue weighted by atomic mass is 10.1. The zero-order valence-corrected chi connectivity index (χ0v) is 22.0. The van der Waals surface area contributed by atoms with Gasteiger partial charge < -0.3 is 15.4 Å². The first-order valence-corrected chi connectivity index (χ1v) is 12.9. The van der Waals surface area contributed by atoms with E-state index in [9.17, 15) is 18.8 Å². The van der Waals surface area contributed by atoms with E-state index in [0.717, 1.165) is 31.0 Å². The second-order valence-electron chi connectivity index (χ2n) is 9.92. The maximum absolute atomic E-state index is 14.0. The third kappa shape index (κ3) is 5.33. The zero-order valence-electron chi connectivity index (χ0n) is 22.0. The highest BCUT2D eigenvalue weighted by Gasteiger charge is 2.32. The molecule has 1 atom stereocenters. The second kappa shape index (κ2) is 11.1. The van der Waals surface area contributed by atoms with E-state index in [4.69, 9.17) is 15.6 Å². The Morgan fingerprint density at radius 1 is 1.23 bits per heavy atom. The molecule has 1 aliphatic heterocycles. The van der Waals surface area contributed by atoms with Crippen molar-refractivity contribution in [1.29, 1.82) is 5.26 Å². The van der Waals surface area contributed by atoms with Gasteiger partial charge in [0.05, 0.1) is 18.0 Å². The van der Waals surface area contributed by atoms with Gasteiger partial charge in [-0.05, 0) is 55.2 Å². The molecule has 0 spiro atoms. The molecule has 40 heavy (non-hydrogen) atoms. The van der Waals surface area contributed by atoms with Gasteiger partial charge in [-0.2, -0.15) is 10.4 Å². The lowest BCUT2D eigenvalue weighted by Crippen LogP contribution is -2.39. The molecule has 0 bridgehead atoms. The lowest BCUT2D eigenvalue weighted by molar-refractivity contribution is -0.127. The number of rotatable bonds is 7. The molecule has 0 saturated carbocycles. The monoisotopic (exact) mass is 543 g/mol. The molecule has 204 valence electrons. The highest BCUT2D eigenvalue weighted by atomic mass is 19.1. The number of anilines is 1. The van der Waals surface area contributed by atoms with Crippen molar-refractivity contribution in [2.75, 3.05) is 12.3 Å². The number of halogens is 2. The number of amides is 1. The van der Waals surface area contributed by atoms with Gasteiger partial charge in [-0.25, -0.2) is 23.4 Å². The van der Waals surface area contributed by atoms with Crippen LogP contribution in [-0.2, 0) is 11.3 Å². The molecule has 2 N–H and O–H groups in total. The minimum absolute atomic E-state index is 0.0709. The molecule has 1 saturated heterocycles. The van der Waals surface area contributed by atoms with Crippen molar-refractivity contribution in [2.45, 2.75) is 39.3 Å². The molecule has 3 heterocycles. The van der Waals surface area contributed by atoms with Gasteiger partial charge in [-0.3, -0.25) is 4.79 Å². The Morgan fingerprint density at radius 2 is 2.00 bits per heavy atom. The highest BCUT2D eigenvalue weighted by molar-refractivity contribution is 5.99. The van der Waals surface area contributed by atoms with Crippen molar-refractivity contribution < 1.29 is 18.3 Å². The number of nitrogens with zero attached hydrogens (tertiary/aromatic N) is 6. The summed E-state index contributed by atoms with van der Waals surface area (Å²) in [5, 5.41) is 14.9. The van der Waals surface area contributed by atoms with Gasteiger partial charge in [0.15, 0.2) is 17.2 Å². The van der Waals surface area contributed by atoms with Crippen molar-refractivity contribution in [2.24, 2.45) is 5.92 Å². The fraction of sp³-hybridized carbons (Fsp3) is 0.276. The van der Waals surface area contributed by atoms with Gasteiger partial charge >= 0.3 is 0 Å². The Balaban J connectivity index is 1.44. The van der Waals surface area contributed by atoms with Crippen LogP contribution in [0.5, 0.6) is 11.5 Å². The van der Waals surface area contributed by atoms with E-state index in [0.29, 0.717) is 41.1 Å². The van der Waals surface area contributed by atoms with Crippen molar-refractivity contribution in [3.05, 3.63) is 72.1 Å². The summed E-state index contributed by atoms with van der Waals surface area (Å²) in [7, 11) is 0. The average molecular weight is 544 g/mol. The van der Waals surface area contributed by atoms with Crippen molar-refractivity contribution in [3.8, 4) is 28.8 Å². The minimum Gasteiger partial charge on any atom is -0.454 e. The Kier molecular flexibility index (Phi) is 7.42. The molecule has 1 aliphatic rings. The summed E-state index contributed by atoms with van der Waals surface area (Å²) in [6, 6.07) is 11.6. The molecule has 9 nitrogen and oxygen atoms in total. The Morgan fingerprint density at radius 3 is 2.73 bits per heavy atom. The quantitative estimate of drug-likeness (QED) is 0.250. The number of hydrogen-bond acceptors (Lipinski definition) is 7. The first kappa shape index (κ1) is 26.7. The number of ether oxygens (including phenoxy) is 1. The number of nitrogen functional groups attached to an aromatic ring is 1. The van der Waals surface area contributed by atoms with Gasteiger partial charge in [-0.1, -0.05) is 19.9 Å². The van der Waals surface area contributed by atoms with E-state index in [2.05, 4.69) is 9.97 Å². The van der Waals surface area contributed by atoms with Crippen LogP contribution in [0.15, 0.2) is 60.4 Å². The largest absolute Gasteiger partial charge is 0.454 e. The molecular formula is C29H27F2N7O2. The van der Waals surface area contributed by atoms with Crippen LogP contribution < -0.4 is 10.5 Å². The molecule has 2 aromatic carbocycles. The number of nitriles is 1. The third-order valence-electron chi connectivity index (χ3n) is 6.68. The maximum atomic E-state index is 14.0. The van der Waals surface area contributed by atoms with Crippen molar-refractivity contribution in [3.63, 3.8) is 0 Å². The van der Waals surface area contributed by atoms with Crippen LogP contribution >= 0.6 is 0 Å². The first-order valence-electron chi connectivity index (χ1n) is 12.9. The van der Waals surface area contributed by atoms with Gasteiger partial charge in [0.2, 0.25) is 0 Å². The molecule has 0 radical (unpaired) electrons. The Bertz CT molecular complexity index is 1640. The summed E-state index contributed by atoms with van der Waals surface area (Å²) in [5.41, 5.74) is 8.11. The van der Waals surface area contributed by atoms with E-state index in [1.807, 2.05) is 19.9 Å². The van der Waals surface area contributed by atoms with Crippen molar-refractivity contribution in [1.82, 2.24) is 24.6 Å². The third-order valence-corrected chi connectivity index (χ3v) is 6.68. The highest BCUT2D eigenvalue weighted by Crippen LogP contribution is 2.33. The molecule has 11 heteroatoms. The van der Waals surface area contributed by atoms with Gasteiger partial charge in [0.1, 0.15) is 41.0 Å². The van der Waals surface area contributed by atoms with Crippen molar-refractivity contribution >= 4 is 22.8 Å². The fourth-order valence-corrected chi connectivity index (χ4v) is 4.86. The second-order valence-corrected chi connectivity index (χ2v) is 9.92. The summed E-state index contributed by atoms with van der Waals surface area (Å²) in [4.78, 5) is 23.5. The van der Waals surface area contributed by atoms with Gasteiger partial charge in [0, 0.05) is 18.2 Å². The lowest BCUT2D eigenvalue weighted by Gasteiger charge is -2.24. The summed E-state index contributed by atoms with van der Waals surface area (Å²) in [5.74, 6) is -1.16. The maximum Gasteiger partial charge on any atom is 0.264 e. The molecule has 2 aromatic heterocycles. The number of carbonyl (C=O) groups excluding carboxylic acids is 1. The normalized spacial score (nSPS) is 15.6. The molecule has 0 unspecified atom stereocenters. The van der Waals surface area contributed by atoms with Crippen LogP contribution in [0.4, 0.5) is 14.6 Å². The molecule has 0 aliphatic carbocycles. The SMILES string of the molecule is CC(C)/C=C(/C#N)C(=O)N1CCC[C@H]1Cn1nc(-c2ccc(Oc3cc(F)ccc3F)cc2)c2c(N)ncnc21. The van der Waals surface area contributed by atoms with Gasteiger partial charge in [-0.15, -0.1) is 0 Å². The molecule has 1 fully saturated rings. The minimum atomic E-state index is -0.679. The van der Waals surface area contributed by atoms with Gasteiger partial charge in [0.25, 0.3) is 5.91 Å². The standard InChI is InChI=1S/C29H27F2N7O2/c1-17(2)12-19(14-32)29(39)37-11-3-4-21(37)15-38-28-25(27(33)34-16-35-28)26(36-38)18-5-8-22(9-6-18)40-24-13-20(30)7-10-23(24)31/h5-10,12-13,16-17,21H,3-4,11,15H2,1-2H3,(H2,33,34,35)/b19-12-/t21-/m0/s1. The van der Waals surface area contributed by atoms with Crippen LogP contribution in [0.1, 0.15) is 26.7 Å². The zero-order chi connectivity index (χ0) is 28.4. The number of allylic oxidation sites excluding steroid dienone is 1. The van der Waals surface area contributed by atoms with Crippen LogP contribution in [0.25, 0.3) is 22.3 Å². The number of nitrogens with two attached hydrogens (primary N) is 1. The Labute approximate surface area is 229 Å². The summed E-state index contributed by atoms with van der Waals surface area (Å²) >= 11 is 0. The summed E-state index contributed by atoms with van der Waals surface area (Å²) < 4.78 is 34.8. The fourth-order valence-electron chi connectivity index (χ4n) is 4.86. The van der Waals surface area contributed by atoms with Crippen LogP contribution in [0.2, 0.25) is 0 Å². The molecule has 4 aromatic rings. The topological polar surface area (TPSA) is 123 Å². The predicted octanol–water partition coefficient (Wildman–Crippen LogP) is 5.24. The number of hydrogen-bond donors (Lipinski definition) is 1. The molecule has 1 amide bonds.